The lowest BCUT2D eigenvalue weighted by molar-refractivity contribution is -0.132. The highest BCUT2D eigenvalue weighted by Crippen LogP contribution is 2.28. The van der Waals surface area contributed by atoms with Crippen LogP contribution in [-0.4, -0.2) is 95.7 Å². The minimum absolute atomic E-state index is 0.0501. The first-order valence-electron chi connectivity index (χ1n) is 12.3. The Morgan fingerprint density at radius 3 is 2.49 bits per heavy atom. The van der Waals surface area contributed by atoms with Gasteiger partial charge in [-0.1, -0.05) is 12.1 Å². The van der Waals surface area contributed by atoms with Crippen LogP contribution in [0.5, 0.6) is 5.75 Å². The number of carbonyl (C=O) groups is 2. The standard InChI is InChI=1S/C26H29N7O4/c34-23(31-11-13-32(14-12-31)26-28-9-4-10-29-26)19-33-15-16-36-17-18-37-22-7-2-1-6-21(22)30-24-20(25(33)35)5-3-8-27-24/h1-10H,11-19H2,(H,27,30). The molecular weight excluding hydrogens is 474 g/mol. The molecule has 4 heterocycles. The number of rotatable bonds is 3. The summed E-state index contributed by atoms with van der Waals surface area (Å²) in [6.07, 6.45) is 5.03. The van der Waals surface area contributed by atoms with Gasteiger partial charge in [0.05, 0.1) is 24.5 Å². The van der Waals surface area contributed by atoms with E-state index in [1.807, 2.05) is 24.3 Å². The first kappa shape index (κ1) is 24.4. The summed E-state index contributed by atoms with van der Waals surface area (Å²) in [6, 6.07) is 12.7. The largest absolute Gasteiger partial charge is 0.489 e. The monoisotopic (exact) mass is 503 g/mol. The summed E-state index contributed by atoms with van der Waals surface area (Å²) in [5.41, 5.74) is 1.06. The van der Waals surface area contributed by atoms with Gasteiger partial charge < -0.3 is 29.5 Å². The molecule has 0 unspecified atom stereocenters. The molecular formula is C26H29N7O4. The average Bonchev–Trinajstić information content (AvgIpc) is 2.96. The van der Waals surface area contributed by atoms with E-state index >= 15 is 0 Å². The molecule has 0 bridgehead atoms. The molecule has 0 saturated carbocycles. The van der Waals surface area contributed by atoms with E-state index in [4.69, 9.17) is 9.47 Å². The predicted octanol–water partition coefficient (Wildman–Crippen LogP) is 1.82. The molecule has 0 aliphatic carbocycles. The number of carbonyl (C=O) groups excluding carboxylic acids is 2. The Bertz CT molecular complexity index is 1220. The third-order valence-electron chi connectivity index (χ3n) is 6.25. The molecule has 5 rings (SSSR count). The number of ether oxygens (including phenoxy) is 2. The molecule has 1 aromatic carbocycles. The number of benzene rings is 1. The molecule has 11 nitrogen and oxygen atoms in total. The summed E-state index contributed by atoms with van der Waals surface area (Å²) in [7, 11) is 0. The maximum absolute atomic E-state index is 13.7. The van der Waals surface area contributed by atoms with Crippen molar-refractivity contribution in [2.45, 2.75) is 0 Å². The Kier molecular flexibility index (Phi) is 7.70. The summed E-state index contributed by atoms with van der Waals surface area (Å²) in [4.78, 5) is 45.3. The van der Waals surface area contributed by atoms with Crippen molar-refractivity contribution < 1.29 is 19.1 Å². The van der Waals surface area contributed by atoms with Crippen LogP contribution in [0.4, 0.5) is 17.5 Å². The third-order valence-corrected chi connectivity index (χ3v) is 6.25. The van der Waals surface area contributed by atoms with Crippen molar-refractivity contribution in [3.8, 4) is 5.75 Å². The van der Waals surface area contributed by atoms with Gasteiger partial charge in [0.15, 0.2) is 0 Å². The van der Waals surface area contributed by atoms with Crippen molar-refractivity contribution in [1.82, 2.24) is 24.8 Å². The van der Waals surface area contributed by atoms with Crippen LogP contribution in [0.15, 0.2) is 61.1 Å². The summed E-state index contributed by atoms with van der Waals surface area (Å²) in [5.74, 6) is 1.29. The van der Waals surface area contributed by atoms with Gasteiger partial charge in [0.1, 0.15) is 24.7 Å². The molecule has 2 amide bonds. The van der Waals surface area contributed by atoms with Crippen LogP contribution in [0.1, 0.15) is 10.4 Å². The summed E-state index contributed by atoms with van der Waals surface area (Å²) >= 11 is 0. The topological polar surface area (TPSA) is 113 Å². The first-order valence-corrected chi connectivity index (χ1v) is 12.3. The zero-order valence-corrected chi connectivity index (χ0v) is 20.5. The number of hydrogen-bond acceptors (Lipinski definition) is 9. The van der Waals surface area contributed by atoms with Crippen LogP contribution in [0, 0.1) is 0 Å². The van der Waals surface area contributed by atoms with Gasteiger partial charge in [-0.2, -0.15) is 0 Å². The molecule has 2 aliphatic rings. The van der Waals surface area contributed by atoms with Crippen LogP contribution in [0.25, 0.3) is 0 Å². The van der Waals surface area contributed by atoms with Crippen molar-refractivity contribution in [2.24, 2.45) is 0 Å². The highest BCUT2D eigenvalue weighted by Gasteiger charge is 2.27. The van der Waals surface area contributed by atoms with Gasteiger partial charge >= 0.3 is 0 Å². The normalized spacial score (nSPS) is 16.8. The molecule has 3 aromatic rings. The average molecular weight is 504 g/mol. The molecule has 1 fully saturated rings. The van der Waals surface area contributed by atoms with Crippen molar-refractivity contribution in [3.05, 3.63) is 66.6 Å². The Morgan fingerprint density at radius 2 is 1.65 bits per heavy atom. The SMILES string of the molecule is O=C(CN1CCOCCOc2ccccc2Nc2ncccc2C1=O)N1CCN(c2ncccn2)CC1. The molecule has 192 valence electrons. The molecule has 2 aromatic heterocycles. The van der Waals surface area contributed by atoms with Crippen LogP contribution < -0.4 is 15.0 Å². The Balaban J connectivity index is 1.31. The Morgan fingerprint density at radius 1 is 0.865 bits per heavy atom. The second-order valence-corrected chi connectivity index (χ2v) is 8.62. The number of hydrogen-bond donors (Lipinski definition) is 1. The summed E-state index contributed by atoms with van der Waals surface area (Å²) in [6.45, 7) is 3.54. The number of para-hydroxylation sites is 2. The lowest BCUT2D eigenvalue weighted by Gasteiger charge is -2.35. The second-order valence-electron chi connectivity index (χ2n) is 8.62. The third kappa shape index (κ3) is 5.95. The number of fused-ring (bicyclic) bond motifs is 2. The maximum atomic E-state index is 13.7. The number of aromatic nitrogens is 3. The van der Waals surface area contributed by atoms with Crippen molar-refractivity contribution >= 4 is 29.3 Å². The first-order chi connectivity index (χ1) is 18.2. The maximum Gasteiger partial charge on any atom is 0.258 e. The van der Waals surface area contributed by atoms with Gasteiger partial charge in [0, 0.05) is 51.3 Å². The zero-order chi connectivity index (χ0) is 25.5. The van der Waals surface area contributed by atoms with Crippen molar-refractivity contribution in [1.29, 1.82) is 0 Å². The number of nitrogens with zero attached hydrogens (tertiary/aromatic N) is 6. The fraction of sp³-hybridized carbons (Fsp3) is 0.346. The van der Waals surface area contributed by atoms with Crippen molar-refractivity contribution in [3.63, 3.8) is 0 Å². The lowest BCUT2D eigenvalue weighted by atomic mass is 10.2. The van der Waals surface area contributed by atoms with E-state index in [-0.39, 0.29) is 31.5 Å². The van der Waals surface area contributed by atoms with Crippen LogP contribution in [-0.2, 0) is 9.53 Å². The smallest absolute Gasteiger partial charge is 0.258 e. The van der Waals surface area contributed by atoms with E-state index in [0.29, 0.717) is 68.2 Å². The highest BCUT2D eigenvalue weighted by atomic mass is 16.5. The summed E-state index contributed by atoms with van der Waals surface area (Å²) in [5, 5.41) is 3.23. The van der Waals surface area contributed by atoms with Gasteiger partial charge in [0.2, 0.25) is 11.9 Å². The van der Waals surface area contributed by atoms with E-state index in [9.17, 15) is 9.59 Å². The molecule has 0 spiro atoms. The number of amides is 2. The van der Waals surface area contributed by atoms with Crippen LogP contribution >= 0.6 is 0 Å². The number of pyridine rings is 1. The molecule has 1 N–H and O–H groups in total. The number of anilines is 3. The van der Waals surface area contributed by atoms with Gasteiger partial charge in [-0.05, 0) is 30.3 Å². The molecule has 2 aliphatic heterocycles. The Hall–Kier alpha value is -4.25. The van der Waals surface area contributed by atoms with Crippen LogP contribution in [0.2, 0.25) is 0 Å². The van der Waals surface area contributed by atoms with Crippen LogP contribution in [0.3, 0.4) is 0 Å². The molecule has 37 heavy (non-hydrogen) atoms. The van der Waals surface area contributed by atoms with Crippen molar-refractivity contribution in [2.75, 3.05) is 69.3 Å². The zero-order valence-electron chi connectivity index (χ0n) is 20.5. The fourth-order valence-corrected chi connectivity index (χ4v) is 4.28. The number of nitrogens with one attached hydrogen (secondary N) is 1. The predicted molar refractivity (Wildman–Crippen MR) is 137 cm³/mol. The second kappa shape index (κ2) is 11.7. The van der Waals surface area contributed by atoms with Gasteiger partial charge in [-0.3, -0.25) is 9.59 Å². The highest BCUT2D eigenvalue weighted by molar-refractivity contribution is 6.01. The van der Waals surface area contributed by atoms with Gasteiger partial charge in [-0.25, -0.2) is 15.0 Å². The van der Waals surface area contributed by atoms with E-state index in [2.05, 4.69) is 25.2 Å². The van der Waals surface area contributed by atoms with E-state index < -0.39 is 0 Å². The lowest BCUT2D eigenvalue weighted by Crippen LogP contribution is -2.52. The molecule has 11 heteroatoms. The quantitative estimate of drug-likeness (QED) is 0.572. The Labute approximate surface area is 215 Å². The molecule has 1 saturated heterocycles. The molecule has 0 atom stereocenters. The van der Waals surface area contributed by atoms with Gasteiger partial charge in [0.25, 0.3) is 5.91 Å². The fourth-order valence-electron chi connectivity index (χ4n) is 4.28. The minimum atomic E-state index is -0.290. The van der Waals surface area contributed by atoms with E-state index in [1.165, 1.54) is 4.90 Å². The minimum Gasteiger partial charge on any atom is -0.489 e. The molecule has 0 radical (unpaired) electrons. The van der Waals surface area contributed by atoms with E-state index in [0.717, 1.165) is 0 Å². The number of piperazine rings is 1. The van der Waals surface area contributed by atoms with E-state index in [1.54, 1.807) is 41.7 Å². The van der Waals surface area contributed by atoms with Gasteiger partial charge in [-0.15, -0.1) is 0 Å². The summed E-state index contributed by atoms with van der Waals surface area (Å²) < 4.78 is 11.6.